The van der Waals surface area contributed by atoms with E-state index in [1.807, 2.05) is 121 Å². The number of hydrogen-bond acceptors (Lipinski definition) is 9. The van der Waals surface area contributed by atoms with Crippen LogP contribution in [0, 0.1) is 11.8 Å². The standard InChI is InChI=1S/C50H66O8.C3H3N3O3/c1-45(2,3)35-25-29(15-21-39(35)51)49(13,30-16-22-40(52)36(26-30)46(4,5)6)33(43(55)56)19-20-34(44(57)58)50(14,31-17-23-41(53)37(27-31)47(7,8)9)32-18-24-42(54)38(28-32)48(10,11)12;7-1-4-2(8)6-3(9)5-1/h15-18,21-28,33-34,51-54H,19-20H2,1-14H3,(H,55,56)(H,57,58);(H3,4,5,6,7,8,9). The Hall–Kier alpha value is -6.57. The minimum Gasteiger partial charge on any atom is -0.508 e. The molecular formula is C53H69N3O11. The molecule has 0 saturated carbocycles. The minimum absolute atomic E-state index is 0.0652. The van der Waals surface area contributed by atoms with Crippen LogP contribution >= 0.6 is 0 Å². The Bertz CT molecular complexity index is 2440. The van der Waals surface area contributed by atoms with E-state index in [0.717, 1.165) is 0 Å². The summed E-state index contributed by atoms with van der Waals surface area (Å²) in [4.78, 5) is 63.6. The van der Waals surface area contributed by atoms with E-state index in [1.54, 1.807) is 63.5 Å². The van der Waals surface area contributed by atoms with Crippen LogP contribution in [0.3, 0.4) is 0 Å². The Morgan fingerprint density at radius 2 is 0.597 bits per heavy atom. The van der Waals surface area contributed by atoms with Gasteiger partial charge in [0, 0.05) is 10.8 Å². The minimum atomic E-state index is -1.28. The van der Waals surface area contributed by atoms with Crippen molar-refractivity contribution in [3.8, 4) is 23.0 Å². The fourth-order valence-electron chi connectivity index (χ4n) is 9.03. The Labute approximate surface area is 391 Å². The zero-order chi connectivity index (χ0) is 51.0. The van der Waals surface area contributed by atoms with Gasteiger partial charge in [0.2, 0.25) is 0 Å². The lowest BCUT2D eigenvalue weighted by atomic mass is 9.61. The van der Waals surface area contributed by atoms with E-state index in [9.17, 15) is 54.6 Å². The van der Waals surface area contributed by atoms with Gasteiger partial charge >= 0.3 is 29.0 Å². The number of hydrogen-bond donors (Lipinski definition) is 9. The first-order valence-electron chi connectivity index (χ1n) is 22.3. The number of phenols is 4. The van der Waals surface area contributed by atoms with Crippen molar-refractivity contribution < 1.29 is 40.2 Å². The monoisotopic (exact) mass is 923 g/mol. The molecule has 0 amide bonds. The molecule has 0 bridgehead atoms. The van der Waals surface area contributed by atoms with E-state index >= 15 is 0 Å². The Balaban J connectivity index is 0.000000971. The maximum Gasteiger partial charge on any atom is 0.330 e. The number of aromatic amines is 3. The van der Waals surface area contributed by atoms with Crippen molar-refractivity contribution in [1.29, 1.82) is 0 Å². The molecule has 2 unspecified atom stereocenters. The van der Waals surface area contributed by atoms with E-state index in [-0.39, 0.29) is 35.8 Å². The van der Waals surface area contributed by atoms with Gasteiger partial charge < -0.3 is 30.6 Å². The predicted molar refractivity (Wildman–Crippen MR) is 260 cm³/mol. The van der Waals surface area contributed by atoms with Crippen molar-refractivity contribution in [3.63, 3.8) is 0 Å². The summed E-state index contributed by atoms with van der Waals surface area (Å²) in [5.74, 6) is -4.26. The lowest BCUT2D eigenvalue weighted by Gasteiger charge is -2.41. The average Bonchev–Trinajstić information content (AvgIpc) is 3.17. The van der Waals surface area contributed by atoms with Crippen LogP contribution in [0.2, 0.25) is 0 Å². The molecule has 5 rings (SSSR count). The van der Waals surface area contributed by atoms with Gasteiger partial charge in [0.05, 0.1) is 11.8 Å². The van der Waals surface area contributed by atoms with E-state index in [0.29, 0.717) is 44.5 Å². The zero-order valence-corrected chi connectivity index (χ0v) is 41.2. The van der Waals surface area contributed by atoms with Crippen LogP contribution in [-0.2, 0) is 42.1 Å². The van der Waals surface area contributed by atoms with E-state index in [1.165, 1.54) is 0 Å². The van der Waals surface area contributed by atoms with Gasteiger partial charge in [-0.1, -0.05) is 145 Å². The molecule has 14 heteroatoms. The lowest BCUT2D eigenvalue weighted by Crippen LogP contribution is -2.42. The summed E-state index contributed by atoms with van der Waals surface area (Å²) >= 11 is 0. The van der Waals surface area contributed by atoms with Crippen LogP contribution in [0.1, 0.15) is 154 Å². The van der Waals surface area contributed by atoms with Crippen LogP contribution in [0.4, 0.5) is 0 Å². The third kappa shape index (κ3) is 11.5. The Kier molecular flexibility index (Phi) is 15.0. The summed E-state index contributed by atoms with van der Waals surface area (Å²) in [6.45, 7) is 27.3. The molecule has 0 aliphatic rings. The highest BCUT2D eigenvalue weighted by Gasteiger charge is 2.48. The first kappa shape index (κ1) is 53.0. The molecular weight excluding hydrogens is 855 g/mol. The Morgan fingerprint density at radius 3 is 0.761 bits per heavy atom. The number of phenolic OH excluding ortho intramolecular Hbond substituents is 4. The lowest BCUT2D eigenvalue weighted by molar-refractivity contribution is -0.147. The second kappa shape index (κ2) is 19.0. The van der Waals surface area contributed by atoms with Crippen molar-refractivity contribution in [2.75, 3.05) is 0 Å². The molecule has 4 aromatic carbocycles. The van der Waals surface area contributed by atoms with Gasteiger partial charge in [0.25, 0.3) is 0 Å². The van der Waals surface area contributed by atoms with Gasteiger partial charge in [-0.25, -0.2) is 14.4 Å². The number of rotatable bonds is 11. The summed E-state index contributed by atoms with van der Waals surface area (Å²) in [6, 6.07) is 20.7. The highest BCUT2D eigenvalue weighted by Crippen LogP contribution is 2.50. The van der Waals surface area contributed by atoms with Crippen LogP contribution < -0.4 is 17.1 Å². The second-order valence-electron chi connectivity index (χ2n) is 22.1. The van der Waals surface area contributed by atoms with Crippen LogP contribution in [0.5, 0.6) is 23.0 Å². The first-order valence-corrected chi connectivity index (χ1v) is 22.3. The van der Waals surface area contributed by atoms with Crippen molar-refractivity contribution in [1.82, 2.24) is 15.0 Å². The molecule has 67 heavy (non-hydrogen) atoms. The third-order valence-corrected chi connectivity index (χ3v) is 13.0. The average molecular weight is 924 g/mol. The van der Waals surface area contributed by atoms with Crippen molar-refractivity contribution in [2.24, 2.45) is 11.8 Å². The highest BCUT2D eigenvalue weighted by molar-refractivity contribution is 5.76. The summed E-state index contributed by atoms with van der Waals surface area (Å²) in [5, 5.41) is 66.6. The smallest absolute Gasteiger partial charge is 0.330 e. The predicted octanol–water partition coefficient (Wildman–Crippen LogP) is 8.94. The maximum absolute atomic E-state index is 13.8. The van der Waals surface area contributed by atoms with Crippen LogP contribution in [0.25, 0.3) is 0 Å². The first-order chi connectivity index (χ1) is 30.5. The van der Waals surface area contributed by atoms with E-state index in [4.69, 9.17) is 0 Å². The fourth-order valence-corrected chi connectivity index (χ4v) is 9.03. The van der Waals surface area contributed by atoms with Crippen LogP contribution in [0.15, 0.2) is 87.2 Å². The molecule has 0 fully saturated rings. The number of aromatic hydroxyl groups is 4. The maximum atomic E-state index is 13.8. The molecule has 1 heterocycles. The zero-order valence-electron chi connectivity index (χ0n) is 41.2. The Morgan fingerprint density at radius 1 is 0.403 bits per heavy atom. The van der Waals surface area contributed by atoms with Gasteiger partial charge in [-0.2, -0.15) is 0 Å². The third-order valence-electron chi connectivity index (χ3n) is 13.0. The summed E-state index contributed by atoms with van der Waals surface area (Å²) in [6.07, 6.45) is -0.130. The molecule has 0 saturated heterocycles. The molecule has 5 aromatic rings. The van der Waals surface area contributed by atoms with Crippen molar-refractivity contribution in [2.45, 2.75) is 142 Å². The number of carboxylic acid groups (broad SMARTS) is 2. The SMILES string of the molecule is CC(C)(C)c1cc(C(C)(c2ccc(O)c(C(C)(C)C)c2)C(CCC(C(=O)O)C(C)(c2ccc(O)c(C(C)(C)C)c2)c2ccc(O)c(C(C)(C)C)c2)C(=O)O)ccc1O.O=c1[nH]c(=O)[nH]c(=O)[nH]1. The fraction of sp³-hybridized carbons (Fsp3) is 0.453. The number of carbonyl (C=O) groups is 2. The van der Waals surface area contributed by atoms with Gasteiger partial charge in [0.15, 0.2) is 0 Å². The number of H-pyrrole nitrogens is 3. The normalized spacial score (nSPS) is 13.6. The summed E-state index contributed by atoms with van der Waals surface area (Å²) in [7, 11) is 0. The van der Waals surface area contributed by atoms with Gasteiger partial charge in [0.1, 0.15) is 23.0 Å². The number of nitrogens with one attached hydrogen (secondary N) is 3. The molecule has 2 atom stereocenters. The quantitative estimate of drug-likeness (QED) is 0.0604. The van der Waals surface area contributed by atoms with Crippen molar-refractivity contribution in [3.05, 3.63) is 149 Å². The van der Waals surface area contributed by atoms with Gasteiger partial charge in [-0.3, -0.25) is 24.5 Å². The second-order valence-corrected chi connectivity index (χ2v) is 22.1. The molecule has 14 nitrogen and oxygen atoms in total. The van der Waals surface area contributed by atoms with Crippen LogP contribution in [-0.4, -0.2) is 57.5 Å². The molecule has 0 radical (unpaired) electrons. The largest absolute Gasteiger partial charge is 0.508 e. The molecule has 362 valence electrons. The van der Waals surface area contributed by atoms with Gasteiger partial charge in [-0.05, 0) is 103 Å². The van der Waals surface area contributed by atoms with E-state index < -0.39 is 73.3 Å². The summed E-state index contributed by atoms with van der Waals surface area (Å²) < 4.78 is 0. The number of benzene rings is 4. The highest BCUT2D eigenvalue weighted by atomic mass is 16.4. The van der Waals surface area contributed by atoms with E-state index in [2.05, 4.69) is 0 Å². The molecule has 1 aromatic heterocycles. The topological polar surface area (TPSA) is 254 Å². The molecule has 9 N–H and O–H groups in total. The number of carboxylic acids is 2. The van der Waals surface area contributed by atoms with Crippen molar-refractivity contribution >= 4 is 11.9 Å². The molecule has 0 aliphatic carbocycles. The van der Waals surface area contributed by atoms with Gasteiger partial charge in [-0.15, -0.1) is 0 Å². The molecule has 0 spiro atoms. The number of aromatic nitrogens is 3. The number of aliphatic carboxylic acids is 2. The summed E-state index contributed by atoms with van der Waals surface area (Å²) in [5.41, 5.74) is -1.87. The molecule has 0 aliphatic heterocycles.